The van der Waals surface area contributed by atoms with Crippen molar-refractivity contribution in [2.45, 2.75) is 13.3 Å². The summed E-state index contributed by atoms with van der Waals surface area (Å²) in [6, 6.07) is 5.02. The standard InChI is InChI=1S/C12H10Cl2O2/c1-2-16-12(15)5-3-4-9-6-7-10(13)8-11(9)14/h6-8H,2,5H2,1H3. The van der Waals surface area contributed by atoms with Crippen molar-refractivity contribution < 1.29 is 9.53 Å². The molecule has 0 spiro atoms. The van der Waals surface area contributed by atoms with Crippen molar-refractivity contribution in [2.24, 2.45) is 0 Å². The normalized spacial score (nSPS) is 9.19. The molecule has 0 aromatic heterocycles. The molecule has 16 heavy (non-hydrogen) atoms. The Kier molecular flexibility index (Phi) is 5.18. The maximum atomic E-state index is 11.0. The molecular formula is C12H10Cl2O2. The first-order valence-electron chi connectivity index (χ1n) is 4.73. The summed E-state index contributed by atoms with van der Waals surface area (Å²) in [5.74, 6) is 5.15. The molecule has 0 aliphatic rings. The average molecular weight is 257 g/mol. The van der Waals surface area contributed by atoms with Crippen LogP contribution in [0, 0.1) is 11.8 Å². The minimum Gasteiger partial charge on any atom is -0.465 e. The second-order valence-electron chi connectivity index (χ2n) is 2.91. The van der Waals surface area contributed by atoms with E-state index in [-0.39, 0.29) is 12.4 Å². The minimum atomic E-state index is -0.333. The van der Waals surface area contributed by atoms with Crippen LogP contribution in [-0.4, -0.2) is 12.6 Å². The summed E-state index contributed by atoms with van der Waals surface area (Å²) in [6.45, 7) is 2.11. The van der Waals surface area contributed by atoms with Gasteiger partial charge >= 0.3 is 5.97 Å². The van der Waals surface area contributed by atoms with Crippen LogP contribution < -0.4 is 0 Å². The summed E-state index contributed by atoms with van der Waals surface area (Å²) in [6.07, 6.45) is 0.0623. The van der Waals surface area contributed by atoms with E-state index in [1.807, 2.05) is 0 Å². The van der Waals surface area contributed by atoms with E-state index >= 15 is 0 Å². The molecule has 0 unspecified atom stereocenters. The highest BCUT2D eigenvalue weighted by atomic mass is 35.5. The summed E-state index contributed by atoms with van der Waals surface area (Å²) in [7, 11) is 0. The highest BCUT2D eigenvalue weighted by Crippen LogP contribution is 2.19. The van der Waals surface area contributed by atoms with Gasteiger partial charge in [0, 0.05) is 10.6 Å². The fourth-order valence-electron chi connectivity index (χ4n) is 1.01. The molecule has 0 aliphatic heterocycles. The van der Waals surface area contributed by atoms with E-state index in [1.54, 1.807) is 25.1 Å². The van der Waals surface area contributed by atoms with Crippen molar-refractivity contribution in [2.75, 3.05) is 6.61 Å². The van der Waals surface area contributed by atoms with Gasteiger partial charge in [0.25, 0.3) is 0 Å². The molecule has 0 aliphatic carbocycles. The molecule has 0 fully saturated rings. The highest BCUT2D eigenvalue weighted by Gasteiger charge is 1.99. The van der Waals surface area contributed by atoms with Crippen molar-refractivity contribution in [3.05, 3.63) is 33.8 Å². The average Bonchev–Trinajstić information content (AvgIpc) is 2.22. The van der Waals surface area contributed by atoms with Crippen LogP contribution in [0.3, 0.4) is 0 Å². The zero-order chi connectivity index (χ0) is 12.0. The van der Waals surface area contributed by atoms with Crippen LogP contribution in [0.25, 0.3) is 0 Å². The molecule has 0 saturated heterocycles. The smallest absolute Gasteiger partial charge is 0.317 e. The molecule has 2 nitrogen and oxygen atoms in total. The lowest BCUT2D eigenvalue weighted by atomic mass is 10.2. The first kappa shape index (κ1) is 12.9. The van der Waals surface area contributed by atoms with Gasteiger partial charge in [0.05, 0.1) is 11.6 Å². The number of hydrogen-bond donors (Lipinski definition) is 0. The summed E-state index contributed by atoms with van der Waals surface area (Å²) in [5.41, 5.74) is 0.648. The number of benzene rings is 1. The minimum absolute atomic E-state index is 0.0623. The second-order valence-corrected chi connectivity index (χ2v) is 3.75. The maximum absolute atomic E-state index is 11.0. The van der Waals surface area contributed by atoms with Gasteiger partial charge in [0.1, 0.15) is 6.42 Å². The van der Waals surface area contributed by atoms with E-state index in [2.05, 4.69) is 11.8 Å². The topological polar surface area (TPSA) is 26.3 Å². The third-order valence-corrected chi connectivity index (χ3v) is 2.24. The number of rotatable bonds is 2. The summed E-state index contributed by atoms with van der Waals surface area (Å²) < 4.78 is 4.73. The Labute approximate surface area is 105 Å². The fraction of sp³-hybridized carbons (Fsp3) is 0.250. The second kappa shape index (κ2) is 6.42. The molecule has 1 aromatic carbocycles. The van der Waals surface area contributed by atoms with Gasteiger partial charge in [0.2, 0.25) is 0 Å². The molecule has 0 radical (unpaired) electrons. The summed E-state index contributed by atoms with van der Waals surface area (Å²) >= 11 is 11.6. The predicted octanol–water partition coefficient (Wildman–Crippen LogP) is 3.30. The number of carbonyl (C=O) groups excluding carboxylic acids is 1. The van der Waals surface area contributed by atoms with Crippen LogP contribution in [0.4, 0.5) is 0 Å². The van der Waals surface area contributed by atoms with E-state index in [4.69, 9.17) is 27.9 Å². The largest absolute Gasteiger partial charge is 0.465 e. The lowest BCUT2D eigenvalue weighted by Crippen LogP contribution is -2.01. The van der Waals surface area contributed by atoms with E-state index in [0.717, 1.165) is 0 Å². The molecule has 0 heterocycles. The number of esters is 1. The SMILES string of the molecule is CCOC(=O)CC#Cc1ccc(Cl)cc1Cl. The van der Waals surface area contributed by atoms with Gasteiger partial charge < -0.3 is 4.74 Å². The van der Waals surface area contributed by atoms with Gasteiger partial charge in [0.15, 0.2) is 0 Å². The van der Waals surface area contributed by atoms with Crippen molar-refractivity contribution in [1.29, 1.82) is 0 Å². The van der Waals surface area contributed by atoms with Gasteiger partial charge in [-0.15, -0.1) is 0 Å². The third-order valence-electron chi connectivity index (χ3n) is 1.69. The van der Waals surface area contributed by atoms with Gasteiger partial charge in [-0.25, -0.2) is 0 Å². The Balaban J connectivity index is 2.66. The highest BCUT2D eigenvalue weighted by molar-refractivity contribution is 6.35. The zero-order valence-corrected chi connectivity index (χ0v) is 10.2. The molecule has 0 saturated carbocycles. The van der Waals surface area contributed by atoms with Crippen molar-refractivity contribution >= 4 is 29.2 Å². The van der Waals surface area contributed by atoms with Gasteiger partial charge in [-0.3, -0.25) is 4.79 Å². The van der Waals surface area contributed by atoms with Gasteiger partial charge in [-0.05, 0) is 25.1 Å². The quantitative estimate of drug-likeness (QED) is 0.600. The summed E-state index contributed by atoms with van der Waals surface area (Å²) in [5, 5.41) is 1.03. The molecular weight excluding hydrogens is 247 g/mol. The molecule has 1 rings (SSSR count). The Morgan fingerprint density at radius 2 is 2.19 bits per heavy atom. The van der Waals surface area contributed by atoms with E-state index in [1.165, 1.54) is 0 Å². The van der Waals surface area contributed by atoms with E-state index in [9.17, 15) is 4.79 Å². The lowest BCUT2D eigenvalue weighted by Gasteiger charge is -1.96. The number of carbonyl (C=O) groups is 1. The number of halogens is 2. The first-order chi connectivity index (χ1) is 7.63. The lowest BCUT2D eigenvalue weighted by molar-refractivity contribution is -0.141. The number of ether oxygens (including phenoxy) is 1. The van der Waals surface area contributed by atoms with Crippen molar-refractivity contribution in [3.8, 4) is 11.8 Å². The Bertz CT molecular complexity index is 444. The van der Waals surface area contributed by atoms with E-state index < -0.39 is 0 Å². The number of hydrogen-bond acceptors (Lipinski definition) is 2. The van der Waals surface area contributed by atoms with Crippen LogP contribution in [0.1, 0.15) is 18.9 Å². The van der Waals surface area contributed by atoms with Crippen LogP contribution in [0.2, 0.25) is 10.0 Å². The Morgan fingerprint density at radius 3 is 2.81 bits per heavy atom. The Morgan fingerprint density at radius 1 is 1.44 bits per heavy atom. The predicted molar refractivity (Wildman–Crippen MR) is 64.6 cm³/mol. The van der Waals surface area contributed by atoms with Gasteiger partial charge in [-0.2, -0.15) is 0 Å². The van der Waals surface area contributed by atoms with Crippen LogP contribution >= 0.6 is 23.2 Å². The zero-order valence-electron chi connectivity index (χ0n) is 8.72. The maximum Gasteiger partial charge on any atom is 0.317 e. The molecule has 4 heteroatoms. The molecule has 0 amide bonds. The summed E-state index contributed by atoms with van der Waals surface area (Å²) in [4.78, 5) is 11.0. The molecule has 1 aromatic rings. The molecule has 84 valence electrons. The molecule has 0 N–H and O–H groups in total. The fourth-order valence-corrected chi connectivity index (χ4v) is 1.47. The molecule has 0 atom stereocenters. The molecule has 0 bridgehead atoms. The van der Waals surface area contributed by atoms with Crippen molar-refractivity contribution in [1.82, 2.24) is 0 Å². The van der Waals surface area contributed by atoms with E-state index in [0.29, 0.717) is 22.2 Å². The van der Waals surface area contributed by atoms with Crippen LogP contribution in [0.15, 0.2) is 18.2 Å². The third kappa shape index (κ3) is 4.14. The van der Waals surface area contributed by atoms with Crippen molar-refractivity contribution in [3.63, 3.8) is 0 Å². The Hall–Kier alpha value is -1.17. The van der Waals surface area contributed by atoms with Gasteiger partial charge in [-0.1, -0.05) is 35.0 Å². The first-order valence-corrected chi connectivity index (χ1v) is 5.48. The van der Waals surface area contributed by atoms with Crippen LogP contribution in [-0.2, 0) is 9.53 Å². The van der Waals surface area contributed by atoms with Crippen LogP contribution in [0.5, 0.6) is 0 Å². The monoisotopic (exact) mass is 256 g/mol.